The van der Waals surface area contributed by atoms with Gasteiger partial charge in [-0.1, -0.05) is 41.4 Å². The molecule has 150 valence electrons. The Hall–Kier alpha value is -3.15. The first-order chi connectivity index (χ1) is 14.3. The molecule has 0 aromatic heterocycles. The number of rotatable bonds is 4. The first-order valence-corrected chi connectivity index (χ1v) is 9.78. The van der Waals surface area contributed by atoms with Crippen LogP contribution < -0.4 is 10.2 Å². The van der Waals surface area contributed by atoms with E-state index in [9.17, 15) is 14.0 Å². The van der Waals surface area contributed by atoms with Crippen LogP contribution in [0.3, 0.4) is 0 Å². The molecule has 3 aromatic carbocycles. The van der Waals surface area contributed by atoms with Crippen molar-refractivity contribution in [3.8, 4) is 0 Å². The van der Waals surface area contributed by atoms with Crippen LogP contribution in [0.4, 0.5) is 15.8 Å². The number of benzene rings is 3. The first-order valence-electron chi connectivity index (χ1n) is 9.03. The number of imide groups is 1. The minimum Gasteiger partial charge on any atom is -0.350 e. The summed E-state index contributed by atoms with van der Waals surface area (Å²) in [6.07, 6.45) is 0. The molecule has 0 aliphatic carbocycles. The Morgan fingerprint density at radius 2 is 1.47 bits per heavy atom. The van der Waals surface area contributed by atoms with Crippen molar-refractivity contribution in [3.63, 3.8) is 0 Å². The van der Waals surface area contributed by atoms with Gasteiger partial charge in [0, 0.05) is 15.7 Å². The van der Waals surface area contributed by atoms with Gasteiger partial charge in [0.05, 0.1) is 11.3 Å². The Balaban J connectivity index is 1.84. The summed E-state index contributed by atoms with van der Waals surface area (Å²) in [5.41, 5.74) is 2.48. The number of halogens is 3. The zero-order chi connectivity index (χ0) is 21.4. The van der Waals surface area contributed by atoms with Crippen LogP contribution in [-0.2, 0) is 9.59 Å². The van der Waals surface area contributed by atoms with Crippen LogP contribution in [0, 0.1) is 12.7 Å². The van der Waals surface area contributed by atoms with Crippen molar-refractivity contribution in [3.05, 3.63) is 99.4 Å². The number of hydrogen-bond acceptors (Lipinski definition) is 3. The van der Waals surface area contributed by atoms with Crippen molar-refractivity contribution < 1.29 is 14.0 Å². The van der Waals surface area contributed by atoms with Crippen LogP contribution in [0.2, 0.25) is 10.0 Å². The molecule has 0 fully saturated rings. The number of nitrogens with zero attached hydrogens (tertiary/aromatic N) is 1. The largest absolute Gasteiger partial charge is 0.350 e. The number of hydrogen-bond donors (Lipinski definition) is 1. The van der Waals surface area contributed by atoms with Gasteiger partial charge in [-0.2, -0.15) is 0 Å². The van der Waals surface area contributed by atoms with Crippen molar-refractivity contribution in [1.29, 1.82) is 0 Å². The van der Waals surface area contributed by atoms with Gasteiger partial charge in [0.1, 0.15) is 11.5 Å². The highest BCUT2D eigenvalue weighted by Crippen LogP contribution is 2.35. The van der Waals surface area contributed by atoms with Crippen molar-refractivity contribution >= 4 is 52.0 Å². The van der Waals surface area contributed by atoms with Crippen LogP contribution in [0.5, 0.6) is 0 Å². The fourth-order valence-electron chi connectivity index (χ4n) is 3.22. The third-order valence-electron chi connectivity index (χ3n) is 4.76. The smallest absolute Gasteiger partial charge is 0.282 e. The summed E-state index contributed by atoms with van der Waals surface area (Å²) in [6.45, 7) is 1.86. The van der Waals surface area contributed by atoms with Crippen LogP contribution in [-0.4, -0.2) is 11.8 Å². The Morgan fingerprint density at radius 1 is 0.833 bits per heavy atom. The highest BCUT2D eigenvalue weighted by Gasteiger charge is 2.40. The predicted molar refractivity (Wildman–Crippen MR) is 117 cm³/mol. The summed E-state index contributed by atoms with van der Waals surface area (Å²) >= 11 is 12.0. The van der Waals surface area contributed by atoms with E-state index in [0.717, 1.165) is 10.5 Å². The van der Waals surface area contributed by atoms with Gasteiger partial charge in [-0.05, 0) is 66.6 Å². The standard InChI is InChI=1S/C23H15Cl2FN2O2/c1-13-2-5-16(25)12-19(13)27-21-20(14-3-8-17(26)9-4-14)22(29)28(23(21)30)18-10-6-15(24)7-11-18/h2-12,27H,1H3. The molecule has 1 heterocycles. The topological polar surface area (TPSA) is 49.4 Å². The Morgan fingerprint density at radius 3 is 2.13 bits per heavy atom. The fourth-order valence-corrected chi connectivity index (χ4v) is 3.52. The summed E-state index contributed by atoms with van der Waals surface area (Å²) in [7, 11) is 0. The monoisotopic (exact) mass is 440 g/mol. The van der Waals surface area contributed by atoms with Gasteiger partial charge < -0.3 is 5.32 Å². The molecule has 1 aliphatic rings. The number of nitrogens with one attached hydrogen (secondary N) is 1. The average molecular weight is 441 g/mol. The first kappa shape index (κ1) is 20.1. The number of carbonyl (C=O) groups is 2. The van der Waals surface area contributed by atoms with Crippen molar-refractivity contribution in [1.82, 2.24) is 0 Å². The summed E-state index contributed by atoms with van der Waals surface area (Å²) in [6, 6.07) is 17.0. The van der Waals surface area contributed by atoms with Crippen molar-refractivity contribution in [2.45, 2.75) is 6.92 Å². The highest BCUT2D eigenvalue weighted by atomic mass is 35.5. The number of aryl methyl sites for hydroxylation is 1. The SMILES string of the molecule is Cc1ccc(Cl)cc1NC1=C(c2ccc(F)cc2)C(=O)N(c2ccc(Cl)cc2)C1=O. The summed E-state index contributed by atoms with van der Waals surface area (Å²) < 4.78 is 13.4. The van der Waals surface area contributed by atoms with E-state index in [1.54, 1.807) is 42.5 Å². The van der Waals surface area contributed by atoms with E-state index in [4.69, 9.17) is 23.2 Å². The van der Waals surface area contributed by atoms with E-state index in [1.807, 2.05) is 6.92 Å². The lowest BCUT2D eigenvalue weighted by Gasteiger charge is -2.16. The summed E-state index contributed by atoms with van der Waals surface area (Å²) in [5.74, 6) is -1.48. The lowest BCUT2D eigenvalue weighted by molar-refractivity contribution is -0.120. The second-order valence-corrected chi connectivity index (χ2v) is 7.64. The van der Waals surface area contributed by atoms with Gasteiger partial charge in [0.15, 0.2) is 0 Å². The predicted octanol–water partition coefficient (Wildman–Crippen LogP) is 5.84. The lowest BCUT2D eigenvalue weighted by atomic mass is 10.0. The van der Waals surface area contributed by atoms with Gasteiger partial charge in [0.2, 0.25) is 0 Å². The minimum atomic E-state index is -0.527. The zero-order valence-corrected chi connectivity index (χ0v) is 17.3. The Kier molecular flexibility index (Phi) is 5.33. The zero-order valence-electron chi connectivity index (χ0n) is 15.7. The van der Waals surface area contributed by atoms with Gasteiger partial charge in [-0.3, -0.25) is 9.59 Å². The molecule has 0 atom stereocenters. The van der Waals surface area contributed by atoms with E-state index in [1.165, 1.54) is 24.3 Å². The Labute approximate surface area is 182 Å². The van der Waals surface area contributed by atoms with Crippen molar-refractivity contribution in [2.75, 3.05) is 10.2 Å². The molecule has 0 bridgehead atoms. The van der Waals surface area contributed by atoms with E-state index in [-0.39, 0.29) is 11.3 Å². The average Bonchev–Trinajstić information content (AvgIpc) is 2.96. The van der Waals surface area contributed by atoms with Crippen LogP contribution in [0.25, 0.3) is 5.57 Å². The van der Waals surface area contributed by atoms with E-state index >= 15 is 0 Å². The second kappa shape index (κ2) is 7.94. The highest BCUT2D eigenvalue weighted by molar-refractivity contribution is 6.46. The molecule has 2 amide bonds. The molecule has 7 heteroatoms. The molecule has 3 aromatic rings. The second-order valence-electron chi connectivity index (χ2n) is 6.76. The molecular weight excluding hydrogens is 426 g/mol. The number of amides is 2. The van der Waals surface area contributed by atoms with Gasteiger partial charge in [-0.15, -0.1) is 0 Å². The molecule has 30 heavy (non-hydrogen) atoms. The van der Waals surface area contributed by atoms with Gasteiger partial charge in [0.25, 0.3) is 11.8 Å². The van der Waals surface area contributed by atoms with Crippen LogP contribution in [0.15, 0.2) is 72.4 Å². The maximum atomic E-state index is 13.4. The molecular formula is C23H15Cl2FN2O2. The third-order valence-corrected chi connectivity index (χ3v) is 5.25. The van der Waals surface area contributed by atoms with E-state index < -0.39 is 17.6 Å². The molecule has 0 saturated heterocycles. The number of anilines is 2. The normalized spacial score (nSPS) is 13.9. The molecule has 0 spiro atoms. The van der Waals surface area contributed by atoms with E-state index in [2.05, 4.69) is 5.32 Å². The molecule has 4 nitrogen and oxygen atoms in total. The minimum absolute atomic E-state index is 0.0897. The molecule has 0 unspecified atom stereocenters. The maximum Gasteiger partial charge on any atom is 0.282 e. The molecule has 1 aliphatic heterocycles. The Bertz CT molecular complexity index is 1190. The quantitative estimate of drug-likeness (QED) is 0.518. The summed E-state index contributed by atoms with van der Waals surface area (Å²) in [4.78, 5) is 27.7. The lowest BCUT2D eigenvalue weighted by Crippen LogP contribution is -2.32. The fraction of sp³-hybridized carbons (Fsp3) is 0.0435. The molecule has 1 N–H and O–H groups in total. The van der Waals surface area contributed by atoms with Crippen molar-refractivity contribution in [2.24, 2.45) is 0 Å². The van der Waals surface area contributed by atoms with Gasteiger partial charge >= 0.3 is 0 Å². The number of carbonyl (C=O) groups excluding carboxylic acids is 2. The van der Waals surface area contributed by atoms with E-state index in [0.29, 0.717) is 27.0 Å². The summed E-state index contributed by atoms with van der Waals surface area (Å²) in [5, 5.41) is 4.04. The van der Waals surface area contributed by atoms with Gasteiger partial charge in [-0.25, -0.2) is 9.29 Å². The molecule has 4 rings (SSSR count). The van der Waals surface area contributed by atoms with Crippen LogP contribution >= 0.6 is 23.2 Å². The molecule has 0 saturated carbocycles. The molecule has 0 radical (unpaired) electrons. The third kappa shape index (κ3) is 3.70. The maximum absolute atomic E-state index is 13.4. The van der Waals surface area contributed by atoms with Crippen LogP contribution in [0.1, 0.15) is 11.1 Å².